The number of amides is 1. The third-order valence-electron chi connectivity index (χ3n) is 3.69. The molecule has 1 aliphatic heterocycles. The molecule has 0 aliphatic carbocycles. The normalized spacial score (nSPS) is 17.4. The van der Waals surface area contributed by atoms with Crippen LogP contribution in [0.4, 0.5) is 4.39 Å². The number of carbonyl (C=O) groups excluding carboxylic acids is 1. The second-order valence-corrected chi connectivity index (χ2v) is 5.46. The maximum absolute atomic E-state index is 14.8. The Balaban J connectivity index is 2.26. The molecule has 1 heterocycles. The van der Waals surface area contributed by atoms with Gasteiger partial charge in [0.15, 0.2) is 0 Å². The molecule has 1 amide bonds. The predicted molar refractivity (Wildman–Crippen MR) is 86.8 cm³/mol. The van der Waals surface area contributed by atoms with Crippen LogP contribution in [0.2, 0.25) is 0 Å². The fourth-order valence-electron chi connectivity index (χ4n) is 2.46. The Morgan fingerprint density at radius 1 is 1.52 bits per heavy atom. The molecule has 1 aromatic rings. The highest BCUT2D eigenvalue weighted by molar-refractivity contribution is 6.06. The Hall–Kier alpha value is -2.21. The molecule has 2 N–H and O–H groups in total. The van der Waals surface area contributed by atoms with Crippen LogP contribution in [0, 0.1) is 11.7 Å². The van der Waals surface area contributed by atoms with Gasteiger partial charge >= 0.3 is 0 Å². The lowest BCUT2D eigenvalue weighted by molar-refractivity contribution is -0.121. The quantitative estimate of drug-likeness (QED) is 0.758. The van der Waals surface area contributed by atoms with Crippen molar-refractivity contribution in [3.63, 3.8) is 0 Å². The van der Waals surface area contributed by atoms with Crippen LogP contribution in [0.3, 0.4) is 0 Å². The number of hydrogen-bond acceptors (Lipinski definition) is 4. The zero-order valence-electron chi connectivity index (χ0n) is 13.1. The van der Waals surface area contributed by atoms with E-state index in [1.54, 1.807) is 12.1 Å². The number of benzene rings is 1. The van der Waals surface area contributed by atoms with Gasteiger partial charge in [0.25, 0.3) is 0 Å². The van der Waals surface area contributed by atoms with Crippen molar-refractivity contribution in [3.8, 4) is 5.75 Å². The van der Waals surface area contributed by atoms with E-state index < -0.39 is 5.82 Å². The maximum atomic E-state index is 14.8. The van der Waals surface area contributed by atoms with Gasteiger partial charge in [0.1, 0.15) is 11.6 Å². The summed E-state index contributed by atoms with van der Waals surface area (Å²) < 4.78 is 20.3. The molecule has 0 bridgehead atoms. The van der Waals surface area contributed by atoms with Gasteiger partial charge in [-0.2, -0.15) is 5.10 Å². The standard InChI is InChI=1S/C17H21FN2O3/c1-3-12-14(23-9-5-4-8-21)7-6-13(16(12)18)17-11(2)10-15(22)19-20-17/h3,6-7,11,21H,1,4-5,8-10H2,2H3,(H,19,22). The van der Waals surface area contributed by atoms with E-state index in [2.05, 4.69) is 17.1 Å². The highest BCUT2D eigenvalue weighted by Gasteiger charge is 2.25. The van der Waals surface area contributed by atoms with Gasteiger partial charge in [0, 0.05) is 24.5 Å². The smallest absolute Gasteiger partial charge is 0.240 e. The third-order valence-corrected chi connectivity index (χ3v) is 3.69. The molecular weight excluding hydrogens is 299 g/mol. The van der Waals surface area contributed by atoms with E-state index in [4.69, 9.17) is 9.84 Å². The van der Waals surface area contributed by atoms with Crippen LogP contribution in [0.15, 0.2) is 23.8 Å². The molecule has 5 nitrogen and oxygen atoms in total. The van der Waals surface area contributed by atoms with Crippen molar-refractivity contribution in [3.05, 3.63) is 35.7 Å². The predicted octanol–water partition coefficient (Wildman–Crippen LogP) is 2.48. The number of rotatable bonds is 7. The highest BCUT2D eigenvalue weighted by Crippen LogP contribution is 2.28. The largest absolute Gasteiger partial charge is 0.493 e. The number of halogens is 1. The summed E-state index contributed by atoms with van der Waals surface area (Å²) in [5, 5.41) is 12.7. The SMILES string of the molecule is C=Cc1c(OCCCCO)ccc(C2=NNC(=O)CC2C)c1F. The van der Waals surface area contributed by atoms with Gasteiger partial charge in [-0.3, -0.25) is 4.79 Å². The van der Waals surface area contributed by atoms with E-state index in [-0.39, 0.29) is 30.4 Å². The van der Waals surface area contributed by atoms with Crippen molar-refractivity contribution < 1.29 is 19.0 Å². The number of nitrogens with one attached hydrogen (secondary N) is 1. The number of nitrogens with zero attached hydrogens (tertiary/aromatic N) is 1. The Morgan fingerprint density at radius 2 is 2.30 bits per heavy atom. The van der Waals surface area contributed by atoms with Crippen LogP contribution in [-0.4, -0.2) is 29.9 Å². The van der Waals surface area contributed by atoms with Crippen molar-refractivity contribution >= 4 is 17.7 Å². The van der Waals surface area contributed by atoms with Crippen LogP contribution >= 0.6 is 0 Å². The zero-order chi connectivity index (χ0) is 16.8. The highest BCUT2D eigenvalue weighted by atomic mass is 19.1. The molecule has 0 fully saturated rings. The molecule has 2 rings (SSSR count). The summed E-state index contributed by atoms with van der Waals surface area (Å²) in [6.45, 7) is 5.98. The molecule has 0 saturated heterocycles. The number of hydrazone groups is 1. The van der Waals surface area contributed by atoms with E-state index in [0.29, 0.717) is 36.5 Å². The van der Waals surface area contributed by atoms with Crippen LogP contribution in [-0.2, 0) is 4.79 Å². The lowest BCUT2D eigenvalue weighted by Gasteiger charge is -2.21. The van der Waals surface area contributed by atoms with E-state index in [1.165, 1.54) is 6.08 Å². The topological polar surface area (TPSA) is 70.9 Å². The number of hydrogen-bond donors (Lipinski definition) is 2. The number of aliphatic hydroxyl groups excluding tert-OH is 1. The number of ether oxygens (including phenoxy) is 1. The number of aliphatic hydroxyl groups is 1. The van der Waals surface area contributed by atoms with E-state index in [0.717, 1.165) is 0 Å². The van der Waals surface area contributed by atoms with Gasteiger partial charge in [-0.15, -0.1) is 0 Å². The molecular formula is C17H21FN2O3. The zero-order valence-corrected chi connectivity index (χ0v) is 13.1. The molecule has 1 aliphatic rings. The van der Waals surface area contributed by atoms with Gasteiger partial charge in [-0.1, -0.05) is 19.6 Å². The minimum absolute atomic E-state index is 0.106. The Kier molecular flexibility index (Phi) is 5.87. The molecule has 0 radical (unpaired) electrons. The van der Waals surface area contributed by atoms with E-state index >= 15 is 0 Å². The first kappa shape index (κ1) is 17.1. The van der Waals surface area contributed by atoms with Crippen LogP contribution in [0.1, 0.15) is 37.3 Å². The summed E-state index contributed by atoms with van der Waals surface area (Å²) in [6.07, 6.45) is 3.01. The lowest BCUT2D eigenvalue weighted by atomic mass is 9.92. The lowest BCUT2D eigenvalue weighted by Crippen LogP contribution is -2.32. The Bertz CT molecular complexity index is 629. The van der Waals surface area contributed by atoms with E-state index in [1.807, 2.05) is 6.92 Å². The summed E-state index contributed by atoms with van der Waals surface area (Å²) >= 11 is 0. The van der Waals surface area contributed by atoms with Crippen LogP contribution in [0.25, 0.3) is 6.08 Å². The second kappa shape index (κ2) is 7.87. The molecule has 0 aromatic heterocycles. The second-order valence-electron chi connectivity index (χ2n) is 5.46. The van der Waals surface area contributed by atoms with Gasteiger partial charge < -0.3 is 9.84 Å². The molecule has 124 valence electrons. The first-order valence-corrected chi connectivity index (χ1v) is 7.63. The van der Waals surface area contributed by atoms with Crippen molar-refractivity contribution in [1.29, 1.82) is 0 Å². The average molecular weight is 320 g/mol. The van der Waals surface area contributed by atoms with Crippen molar-refractivity contribution in [2.45, 2.75) is 26.2 Å². The van der Waals surface area contributed by atoms with E-state index in [9.17, 15) is 9.18 Å². The first-order chi connectivity index (χ1) is 11.1. The van der Waals surface area contributed by atoms with Crippen molar-refractivity contribution in [1.82, 2.24) is 5.43 Å². The average Bonchev–Trinajstić information content (AvgIpc) is 2.53. The van der Waals surface area contributed by atoms with Gasteiger partial charge in [0.2, 0.25) is 5.91 Å². The van der Waals surface area contributed by atoms with Gasteiger partial charge in [-0.05, 0) is 25.0 Å². The van der Waals surface area contributed by atoms with Gasteiger partial charge in [-0.25, -0.2) is 9.82 Å². The minimum atomic E-state index is -0.457. The summed E-state index contributed by atoms with van der Waals surface area (Å²) in [5.41, 5.74) is 3.52. The summed E-state index contributed by atoms with van der Waals surface area (Å²) in [4.78, 5) is 11.3. The molecule has 1 atom stereocenters. The molecule has 1 aromatic carbocycles. The summed E-state index contributed by atoms with van der Waals surface area (Å²) in [7, 11) is 0. The Morgan fingerprint density at radius 3 is 2.96 bits per heavy atom. The van der Waals surface area contributed by atoms with Crippen LogP contribution < -0.4 is 10.2 Å². The van der Waals surface area contributed by atoms with Gasteiger partial charge in [0.05, 0.1) is 17.9 Å². The first-order valence-electron chi connectivity index (χ1n) is 7.63. The summed E-state index contributed by atoms with van der Waals surface area (Å²) in [6, 6.07) is 3.29. The van der Waals surface area contributed by atoms with Crippen molar-refractivity contribution in [2.24, 2.45) is 11.0 Å². The summed E-state index contributed by atoms with van der Waals surface area (Å²) in [5.74, 6) is -0.379. The number of carbonyl (C=O) groups is 1. The van der Waals surface area contributed by atoms with Crippen LogP contribution in [0.5, 0.6) is 5.75 Å². The van der Waals surface area contributed by atoms with Crippen molar-refractivity contribution in [2.75, 3.05) is 13.2 Å². The molecule has 6 heteroatoms. The number of unbranched alkanes of at least 4 members (excludes halogenated alkanes) is 1. The third kappa shape index (κ3) is 3.96. The minimum Gasteiger partial charge on any atom is -0.493 e. The molecule has 0 spiro atoms. The molecule has 1 unspecified atom stereocenters. The fourth-order valence-corrected chi connectivity index (χ4v) is 2.46. The fraction of sp³-hybridized carbons (Fsp3) is 0.412. The Labute approximate surface area is 134 Å². The molecule has 0 saturated carbocycles. The molecule has 23 heavy (non-hydrogen) atoms. The monoisotopic (exact) mass is 320 g/mol. The maximum Gasteiger partial charge on any atom is 0.240 e.